The lowest BCUT2D eigenvalue weighted by molar-refractivity contribution is 0.171. The van der Waals surface area contributed by atoms with Crippen molar-refractivity contribution in [3.8, 4) is 11.5 Å². The Morgan fingerprint density at radius 3 is 2.50 bits per heavy atom. The van der Waals surface area contributed by atoms with E-state index in [2.05, 4.69) is 55.4 Å². The monoisotopic (exact) mass is 530 g/mol. The molecule has 1 saturated heterocycles. The van der Waals surface area contributed by atoms with E-state index in [4.69, 9.17) is 14.5 Å². The summed E-state index contributed by atoms with van der Waals surface area (Å²) in [6.45, 7) is 15.2. The van der Waals surface area contributed by atoms with Gasteiger partial charge in [0.15, 0.2) is 17.5 Å². The Morgan fingerprint density at radius 2 is 1.83 bits per heavy atom. The van der Waals surface area contributed by atoms with Crippen molar-refractivity contribution in [3.05, 3.63) is 23.8 Å². The smallest absolute Gasteiger partial charge is 0.191 e. The number of likely N-dealkylation sites (tertiary alicyclic amines) is 1. The molecule has 0 amide bonds. The Hall–Kier alpha value is -1.22. The molecule has 0 spiro atoms. The number of benzene rings is 1. The van der Waals surface area contributed by atoms with Crippen LogP contribution >= 0.6 is 24.0 Å². The first-order chi connectivity index (χ1) is 14.0. The number of hydrogen-bond acceptors (Lipinski definition) is 4. The highest BCUT2D eigenvalue weighted by Crippen LogP contribution is 2.35. The first-order valence-electron chi connectivity index (χ1n) is 11.2. The Labute approximate surface area is 199 Å². The predicted octanol–water partition coefficient (Wildman–Crippen LogP) is 3.78. The summed E-state index contributed by atoms with van der Waals surface area (Å²) in [5.41, 5.74) is 1.12. The van der Waals surface area contributed by atoms with E-state index in [1.54, 1.807) is 0 Å². The van der Waals surface area contributed by atoms with Gasteiger partial charge >= 0.3 is 0 Å². The number of nitrogens with one attached hydrogen (secondary N) is 2. The molecule has 1 aromatic rings. The van der Waals surface area contributed by atoms with E-state index in [0.717, 1.165) is 24.0 Å². The fraction of sp³-hybridized carbons (Fsp3) is 0.696. The van der Waals surface area contributed by atoms with Crippen molar-refractivity contribution < 1.29 is 9.47 Å². The molecule has 7 heteroatoms. The second-order valence-electron chi connectivity index (χ2n) is 8.70. The van der Waals surface area contributed by atoms with Crippen LogP contribution in [0.2, 0.25) is 0 Å². The van der Waals surface area contributed by atoms with E-state index >= 15 is 0 Å². The lowest BCUT2D eigenvalue weighted by atomic mass is 9.84. The summed E-state index contributed by atoms with van der Waals surface area (Å²) >= 11 is 0. The van der Waals surface area contributed by atoms with Gasteiger partial charge in [-0.3, -0.25) is 4.99 Å². The molecule has 0 aromatic heterocycles. The quantitative estimate of drug-likeness (QED) is 0.319. The number of fused-ring (bicyclic) bond motifs is 1. The first kappa shape index (κ1) is 25.0. The standard InChI is InChI=1S/C23H38N4O2.HI/c1-5-11-27-12-9-19(10-13-27)26-22(24-6-2)25-17-23(3,4)18-7-8-20-21(16-18)29-15-14-28-20;/h7-8,16,19H,5-6,9-15,17H2,1-4H3,(H2,24,25,26);1H. The number of piperidine rings is 1. The third-order valence-electron chi connectivity index (χ3n) is 5.77. The average Bonchev–Trinajstić information content (AvgIpc) is 2.73. The number of hydrogen-bond donors (Lipinski definition) is 2. The zero-order chi connectivity index (χ0) is 20.7. The number of halogens is 1. The van der Waals surface area contributed by atoms with Crippen LogP contribution in [0.3, 0.4) is 0 Å². The molecule has 6 nitrogen and oxygen atoms in total. The van der Waals surface area contributed by atoms with Crippen molar-refractivity contribution in [1.29, 1.82) is 0 Å². The molecule has 0 aliphatic carbocycles. The summed E-state index contributed by atoms with van der Waals surface area (Å²) in [6, 6.07) is 6.75. The molecule has 2 aliphatic rings. The molecule has 0 unspecified atom stereocenters. The molecule has 0 atom stereocenters. The molecule has 2 N–H and O–H groups in total. The molecule has 170 valence electrons. The topological polar surface area (TPSA) is 58.1 Å². The molecule has 2 aliphatic heterocycles. The highest BCUT2D eigenvalue weighted by atomic mass is 127. The van der Waals surface area contributed by atoms with E-state index in [0.29, 0.717) is 25.8 Å². The van der Waals surface area contributed by atoms with Crippen LogP contribution in [0.5, 0.6) is 11.5 Å². The summed E-state index contributed by atoms with van der Waals surface area (Å²) < 4.78 is 11.4. The van der Waals surface area contributed by atoms with Gasteiger partial charge in [-0.25, -0.2) is 0 Å². The molecular weight excluding hydrogens is 491 g/mol. The van der Waals surface area contributed by atoms with Crippen LogP contribution < -0.4 is 20.1 Å². The SMILES string of the molecule is CCCN1CCC(NC(=NCC(C)(C)c2ccc3c(c2)OCCO3)NCC)CC1.I. The molecule has 2 heterocycles. The average molecular weight is 530 g/mol. The minimum atomic E-state index is -0.0946. The second kappa shape index (κ2) is 12.0. The fourth-order valence-electron chi connectivity index (χ4n) is 3.96. The molecule has 0 saturated carbocycles. The molecule has 30 heavy (non-hydrogen) atoms. The van der Waals surface area contributed by atoms with Gasteiger partial charge in [-0.15, -0.1) is 24.0 Å². The minimum Gasteiger partial charge on any atom is -0.486 e. The minimum absolute atomic E-state index is 0. The summed E-state index contributed by atoms with van der Waals surface area (Å²) in [5.74, 6) is 2.60. The van der Waals surface area contributed by atoms with Crippen LogP contribution in [0.15, 0.2) is 23.2 Å². The highest BCUT2D eigenvalue weighted by Gasteiger charge is 2.24. The summed E-state index contributed by atoms with van der Waals surface area (Å²) in [5, 5.41) is 7.08. The molecule has 3 rings (SSSR count). The molecule has 0 radical (unpaired) electrons. The lowest BCUT2D eigenvalue weighted by Gasteiger charge is -2.33. The largest absolute Gasteiger partial charge is 0.486 e. The van der Waals surface area contributed by atoms with Crippen molar-refractivity contribution in [2.45, 2.75) is 58.4 Å². The molecule has 1 fully saturated rings. The van der Waals surface area contributed by atoms with E-state index in [9.17, 15) is 0 Å². The van der Waals surface area contributed by atoms with Crippen molar-refractivity contribution in [3.63, 3.8) is 0 Å². The Balaban J connectivity index is 0.00000320. The summed E-state index contributed by atoms with van der Waals surface area (Å²) in [6.07, 6.45) is 3.59. The van der Waals surface area contributed by atoms with Gasteiger partial charge in [-0.2, -0.15) is 0 Å². The van der Waals surface area contributed by atoms with Crippen LogP contribution in [-0.2, 0) is 5.41 Å². The summed E-state index contributed by atoms with van der Waals surface area (Å²) in [7, 11) is 0. The maximum Gasteiger partial charge on any atom is 0.191 e. The van der Waals surface area contributed by atoms with E-state index in [-0.39, 0.29) is 29.4 Å². The molecular formula is C23H39IN4O2. The van der Waals surface area contributed by atoms with E-state index < -0.39 is 0 Å². The van der Waals surface area contributed by atoms with Crippen LogP contribution in [0.25, 0.3) is 0 Å². The van der Waals surface area contributed by atoms with Crippen LogP contribution in [0.1, 0.15) is 52.5 Å². The second-order valence-corrected chi connectivity index (χ2v) is 8.70. The third-order valence-corrected chi connectivity index (χ3v) is 5.77. The maximum absolute atomic E-state index is 5.76. The van der Waals surface area contributed by atoms with Crippen molar-refractivity contribution in [2.24, 2.45) is 4.99 Å². The van der Waals surface area contributed by atoms with Gasteiger partial charge in [0, 0.05) is 31.1 Å². The third kappa shape index (κ3) is 6.90. The molecule has 1 aromatic carbocycles. The van der Waals surface area contributed by atoms with Gasteiger partial charge in [0.1, 0.15) is 13.2 Å². The highest BCUT2D eigenvalue weighted by molar-refractivity contribution is 14.0. The Morgan fingerprint density at radius 1 is 1.13 bits per heavy atom. The predicted molar refractivity (Wildman–Crippen MR) is 135 cm³/mol. The van der Waals surface area contributed by atoms with Crippen molar-refractivity contribution in [1.82, 2.24) is 15.5 Å². The zero-order valence-corrected chi connectivity index (χ0v) is 21.3. The lowest BCUT2D eigenvalue weighted by Crippen LogP contribution is -2.49. The van der Waals surface area contributed by atoms with Gasteiger partial charge in [0.25, 0.3) is 0 Å². The van der Waals surface area contributed by atoms with Gasteiger partial charge in [-0.1, -0.05) is 26.8 Å². The van der Waals surface area contributed by atoms with E-state index in [1.807, 2.05) is 6.07 Å². The van der Waals surface area contributed by atoms with Crippen LogP contribution in [-0.4, -0.2) is 62.8 Å². The van der Waals surface area contributed by atoms with Gasteiger partial charge in [0.2, 0.25) is 0 Å². The van der Waals surface area contributed by atoms with Crippen molar-refractivity contribution in [2.75, 3.05) is 45.9 Å². The van der Waals surface area contributed by atoms with Gasteiger partial charge < -0.3 is 25.0 Å². The van der Waals surface area contributed by atoms with Crippen LogP contribution in [0, 0.1) is 0 Å². The van der Waals surface area contributed by atoms with Gasteiger partial charge in [-0.05, 0) is 50.4 Å². The maximum atomic E-state index is 5.76. The zero-order valence-electron chi connectivity index (χ0n) is 19.0. The number of nitrogens with zero attached hydrogens (tertiary/aromatic N) is 2. The fourth-order valence-corrected chi connectivity index (χ4v) is 3.96. The Bertz CT molecular complexity index is 688. The number of rotatable bonds is 7. The van der Waals surface area contributed by atoms with Crippen LogP contribution in [0.4, 0.5) is 0 Å². The summed E-state index contributed by atoms with van der Waals surface area (Å²) in [4.78, 5) is 7.49. The molecule has 0 bridgehead atoms. The van der Waals surface area contributed by atoms with Gasteiger partial charge in [0.05, 0.1) is 6.54 Å². The number of aliphatic imine (C=N–C) groups is 1. The number of ether oxygens (including phenoxy) is 2. The number of guanidine groups is 1. The Kier molecular flexibility index (Phi) is 10.0. The first-order valence-corrected chi connectivity index (χ1v) is 11.2. The van der Waals surface area contributed by atoms with E-state index in [1.165, 1.54) is 44.5 Å². The normalized spacial score (nSPS) is 17.9. The van der Waals surface area contributed by atoms with Crippen molar-refractivity contribution >= 4 is 29.9 Å².